The molecule has 1 N–H and O–H groups in total. The van der Waals surface area contributed by atoms with E-state index in [9.17, 15) is 13.6 Å². The second-order valence-electron chi connectivity index (χ2n) is 7.14. The summed E-state index contributed by atoms with van der Waals surface area (Å²) >= 11 is 0. The van der Waals surface area contributed by atoms with Crippen molar-refractivity contribution >= 4 is 11.7 Å². The van der Waals surface area contributed by atoms with Crippen LogP contribution in [0, 0.1) is 0 Å². The van der Waals surface area contributed by atoms with Crippen molar-refractivity contribution in [1.82, 2.24) is 9.80 Å². The molecule has 0 radical (unpaired) electrons. The minimum atomic E-state index is -2.80. The van der Waals surface area contributed by atoms with Gasteiger partial charge in [-0.1, -0.05) is 31.5 Å². The number of benzene rings is 1. The molecule has 2 amide bonds. The third-order valence-corrected chi connectivity index (χ3v) is 5.20. The molecule has 2 fully saturated rings. The van der Waals surface area contributed by atoms with Gasteiger partial charge in [0.2, 0.25) is 0 Å². The average Bonchev–Trinajstić information content (AvgIpc) is 2.91. The summed E-state index contributed by atoms with van der Waals surface area (Å²) in [4.78, 5) is 16.2. The lowest BCUT2D eigenvalue weighted by Gasteiger charge is -2.32. The highest BCUT2D eigenvalue weighted by Crippen LogP contribution is 2.33. The lowest BCUT2D eigenvalue weighted by Crippen LogP contribution is -2.46. The molecule has 4 nitrogen and oxygen atoms in total. The number of urea groups is 1. The summed E-state index contributed by atoms with van der Waals surface area (Å²) < 4.78 is 28.0. The van der Waals surface area contributed by atoms with Gasteiger partial charge in [-0.05, 0) is 44.0 Å². The Morgan fingerprint density at radius 2 is 1.96 bits per heavy atom. The van der Waals surface area contributed by atoms with Crippen LogP contribution in [0.15, 0.2) is 24.3 Å². The maximum atomic E-state index is 14.0. The van der Waals surface area contributed by atoms with Crippen LogP contribution in [0.5, 0.6) is 0 Å². The second-order valence-corrected chi connectivity index (χ2v) is 7.14. The fourth-order valence-electron chi connectivity index (χ4n) is 3.88. The molecule has 2 saturated heterocycles. The molecule has 0 aromatic heterocycles. The zero-order chi connectivity index (χ0) is 17.9. The lowest BCUT2D eigenvalue weighted by atomic mass is 10.1. The van der Waals surface area contributed by atoms with Crippen molar-refractivity contribution in [3.63, 3.8) is 0 Å². The Bertz CT molecular complexity index is 602. The minimum absolute atomic E-state index is 0.244. The standard InChI is InChI=1S/C19H27F2N3O/c1-2-15-8-4-5-9-17(15)22-18(25)24-14-19(20,21)12-16(24)13-23-10-6-3-7-11-23/h4-5,8-9,16H,2-3,6-7,10-14H2,1H3,(H,22,25)/t16-/m0/s1. The molecule has 0 spiro atoms. The van der Waals surface area contributed by atoms with E-state index in [1.807, 2.05) is 31.2 Å². The number of piperidine rings is 1. The molecular formula is C19H27F2N3O. The molecule has 0 aliphatic carbocycles. The Morgan fingerprint density at radius 3 is 2.68 bits per heavy atom. The molecule has 2 heterocycles. The lowest BCUT2D eigenvalue weighted by molar-refractivity contribution is 0.0147. The Labute approximate surface area is 148 Å². The van der Waals surface area contributed by atoms with Crippen molar-refractivity contribution in [2.45, 2.75) is 51.0 Å². The van der Waals surface area contributed by atoms with Gasteiger partial charge >= 0.3 is 6.03 Å². The van der Waals surface area contributed by atoms with Crippen LogP contribution in [-0.4, -0.2) is 54.0 Å². The fraction of sp³-hybridized carbons (Fsp3) is 0.632. The molecule has 0 saturated carbocycles. The van der Waals surface area contributed by atoms with Gasteiger partial charge in [0.15, 0.2) is 0 Å². The van der Waals surface area contributed by atoms with Gasteiger partial charge in [-0.25, -0.2) is 13.6 Å². The van der Waals surface area contributed by atoms with Gasteiger partial charge in [-0.15, -0.1) is 0 Å². The Kier molecular flexibility index (Phi) is 5.57. The number of rotatable bonds is 4. The number of carbonyl (C=O) groups excluding carboxylic acids is 1. The van der Waals surface area contributed by atoms with E-state index < -0.39 is 24.5 Å². The first-order valence-electron chi connectivity index (χ1n) is 9.24. The van der Waals surface area contributed by atoms with Crippen LogP contribution in [0.4, 0.5) is 19.3 Å². The number of hydrogen-bond acceptors (Lipinski definition) is 2. The van der Waals surface area contributed by atoms with E-state index in [4.69, 9.17) is 0 Å². The maximum Gasteiger partial charge on any atom is 0.322 e. The van der Waals surface area contributed by atoms with Gasteiger partial charge in [0.25, 0.3) is 5.92 Å². The van der Waals surface area contributed by atoms with Crippen molar-refractivity contribution in [3.05, 3.63) is 29.8 Å². The summed E-state index contributed by atoms with van der Waals surface area (Å²) in [5.74, 6) is -2.80. The number of halogens is 2. The number of aryl methyl sites for hydroxylation is 1. The van der Waals surface area contributed by atoms with Gasteiger partial charge in [-0.2, -0.15) is 0 Å². The predicted molar refractivity (Wildman–Crippen MR) is 95.2 cm³/mol. The molecule has 0 bridgehead atoms. The van der Waals surface area contributed by atoms with Crippen molar-refractivity contribution in [3.8, 4) is 0 Å². The first-order chi connectivity index (χ1) is 12.0. The number of likely N-dealkylation sites (tertiary alicyclic amines) is 2. The zero-order valence-electron chi connectivity index (χ0n) is 14.8. The van der Waals surface area contributed by atoms with Gasteiger partial charge in [0.05, 0.1) is 12.6 Å². The number of para-hydroxylation sites is 1. The van der Waals surface area contributed by atoms with E-state index >= 15 is 0 Å². The van der Waals surface area contributed by atoms with Crippen LogP contribution in [0.3, 0.4) is 0 Å². The molecule has 3 rings (SSSR count). The van der Waals surface area contributed by atoms with E-state index in [1.54, 1.807) is 0 Å². The number of anilines is 1. The minimum Gasteiger partial charge on any atom is -0.314 e. The zero-order valence-corrected chi connectivity index (χ0v) is 14.8. The highest BCUT2D eigenvalue weighted by molar-refractivity contribution is 5.90. The Hall–Kier alpha value is -1.69. The monoisotopic (exact) mass is 351 g/mol. The normalized spacial score (nSPS) is 23.6. The topological polar surface area (TPSA) is 35.6 Å². The fourth-order valence-corrected chi connectivity index (χ4v) is 3.88. The molecule has 1 atom stereocenters. The summed E-state index contributed by atoms with van der Waals surface area (Å²) in [6.45, 7) is 3.94. The van der Waals surface area contributed by atoms with Gasteiger partial charge in [0, 0.05) is 18.7 Å². The number of carbonyl (C=O) groups is 1. The van der Waals surface area contributed by atoms with Crippen molar-refractivity contribution in [1.29, 1.82) is 0 Å². The SMILES string of the molecule is CCc1ccccc1NC(=O)N1CC(F)(F)C[C@H]1CN1CCCCC1. The smallest absolute Gasteiger partial charge is 0.314 e. The first-order valence-corrected chi connectivity index (χ1v) is 9.24. The van der Waals surface area contributed by atoms with Crippen LogP contribution in [-0.2, 0) is 6.42 Å². The molecule has 25 heavy (non-hydrogen) atoms. The molecule has 2 aliphatic rings. The summed E-state index contributed by atoms with van der Waals surface area (Å²) in [6.07, 6.45) is 3.96. The summed E-state index contributed by atoms with van der Waals surface area (Å²) in [6, 6.07) is 6.68. The van der Waals surface area contributed by atoms with E-state index in [1.165, 1.54) is 11.3 Å². The number of amides is 2. The second kappa shape index (κ2) is 7.68. The van der Waals surface area contributed by atoms with Gasteiger partial charge in [0.1, 0.15) is 0 Å². The van der Waals surface area contributed by atoms with E-state index in [-0.39, 0.29) is 6.42 Å². The third kappa shape index (κ3) is 4.48. The molecule has 0 unspecified atom stereocenters. The van der Waals surface area contributed by atoms with Gasteiger partial charge in [-0.3, -0.25) is 0 Å². The van der Waals surface area contributed by atoms with Crippen molar-refractivity contribution < 1.29 is 13.6 Å². The van der Waals surface area contributed by atoms with Crippen molar-refractivity contribution in [2.24, 2.45) is 0 Å². The average molecular weight is 351 g/mol. The number of nitrogens with zero attached hydrogens (tertiary/aromatic N) is 2. The maximum absolute atomic E-state index is 14.0. The van der Waals surface area contributed by atoms with Gasteiger partial charge < -0.3 is 15.1 Å². The molecular weight excluding hydrogens is 324 g/mol. The summed E-state index contributed by atoms with van der Waals surface area (Å²) in [5, 5.41) is 2.84. The number of alkyl halides is 2. The highest BCUT2D eigenvalue weighted by Gasteiger charge is 2.47. The largest absolute Gasteiger partial charge is 0.322 e. The van der Waals surface area contributed by atoms with E-state index in [0.717, 1.165) is 37.9 Å². The van der Waals surface area contributed by atoms with Crippen LogP contribution in [0.1, 0.15) is 38.2 Å². The van der Waals surface area contributed by atoms with Crippen molar-refractivity contribution in [2.75, 3.05) is 31.5 Å². The summed E-state index contributed by atoms with van der Waals surface area (Å²) in [5.41, 5.74) is 1.72. The molecule has 1 aromatic rings. The van der Waals surface area contributed by atoms with Crippen LogP contribution >= 0.6 is 0 Å². The molecule has 2 aliphatic heterocycles. The molecule has 138 valence electrons. The van der Waals surface area contributed by atoms with Crippen LogP contribution in [0.25, 0.3) is 0 Å². The van der Waals surface area contributed by atoms with Crippen LogP contribution < -0.4 is 5.32 Å². The highest BCUT2D eigenvalue weighted by atomic mass is 19.3. The molecule has 6 heteroatoms. The molecule has 1 aromatic carbocycles. The predicted octanol–water partition coefficient (Wildman–Crippen LogP) is 3.98. The third-order valence-electron chi connectivity index (χ3n) is 5.20. The Morgan fingerprint density at radius 1 is 1.24 bits per heavy atom. The summed E-state index contributed by atoms with van der Waals surface area (Å²) in [7, 11) is 0. The first kappa shape index (κ1) is 18.1. The number of hydrogen-bond donors (Lipinski definition) is 1. The Balaban J connectivity index is 1.69. The van der Waals surface area contributed by atoms with E-state index in [2.05, 4.69) is 10.2 Å². The van der Waals surface area contributed by atoms with Crippen LogP contribution in [0.2, 0.25) is 0 Å². The van der Waals surface area contributed by atoms with E-state index in [0.29, 0.717) is 12.2 Å². The number of nitrogens with one attached hydrogen (secondary N) is 1. The quantitative estimate of drug-likeness (QED) is 0.891.